The zero-order chi connectivity index (χ0) is 10.7. The second-order valence-electron chi connectivity index (χ2n) is 3.96. The van der Waals surface area contributed by atoms with Gasteiger partial charge in [-0.25, -0.2) is 0 Å². The van der Waals surface area contributed by atoms with E-state index in [0.717, 1.165) is 11.7 Å². The van der Waals surface area contributed by atoms with Crippen molar-refractivity contribution in [3.63, 3.8) is 0 Å². The van der Waals surface area contributed by atoms with E-state index >= 15 is 0 Å². The first-order valence-corrected chi connectivity index (χ1v) is 6.48. The second kappa shape index (κ2) is 4.28. The van der Waals surface area contributed by atoms with Gasteiger partial charge in [-0.15, -0.1) is 21.5 Å². The zero-order valence-corrected chi connectivity index (χ0v) is 10.4. The van der Waals surface area contributed by atoms with Crippen LogP contribution in [0.25, 0.3) is 0 Å². The fourth-order valence-corrected chi connectivity index (χ4v) is 2.59. The predicted molar refractivity (Wildman–Crippen MR) is 65.7 cm³/mol. The largest absolute Gasteiger partial charge is 0.359 e. The van der Waals surface area contributed by atoms with E-state index in [0.29, 0.717) is 0 Å². The highest BCUT2D eigenvalue weighted by molar-refractivity contribution is 7.13. The molecule has 0 aliphatic heterocycles. The molecular formula is C10H13N3S2. The van der Waals surface area contributed by atoms with Gasteiger partial charge in [0.25, 0.3) is 0 Å². The Morgan fingerprint density at radius 1 is 1.40 bits per heavy atom. The van der Waals surface area contributed by atoms with Crippen LogP contribution < -0.4 is 5.32 Å². The molecule has 2 aromatic rings. The molecule has 2 aromatic heterocycles. The van der Waals surface area contributed by atoms with Crippen LogP contribution in [0.1, 0.15) is 18.7 Å². The van der Waals surface area contributed by atoms with Gasteiger partial charge in [0.15, 0.2) is 0 Å². The van der Waals surface area contributed by atoms with Gasteiger partial charge in [-0.2, -0.15) is 0 Å². The second-order valence-corrected chi connectivity index (χ2v) is 5.74. The minimum atomic E-state index is 0.139. The van der Waals surface area contributed by atoms with Gasteiger partial charge in [-0.3, -0.25) is 0 Å². The lowest BCUT2D eigenvalue weighted by Gasteiger charge is -2.23. The van der Waals surface area contributed by atoms with E-state index in [9.17, 15) is 0 Å². The quantitative estimate of drug-likeness (QED) is 0.891. The minimum absolute atomic E-state index is 0.139. The molecular weight excluding hydrogens is 226 g/mol. The van der Waals surface area contributed by atoms with Crippen LogP contribution in [0.15, 0.2) is 23.0 Å². The first-order valence-electron chi connectivity index (χ1n) is 4.72. The van der Waals surface area contributed by atoms with Crippen molar-refractivity contribution in [2.24, 2.45) is 0 Å². The number of thiophene rings is 1. The third kappa shape index (κ3) is 2.54. The SMILES string of the molecule is CC(C)(CNc1nncs1)c1cccs1. The Bertz CT molecular complexity index is 392. The molecule has 3 nitrogen and oxygen atoms in total. The summed E-state index contributed by atoms with van der Waals surface area (Å²) in [6.07, 6.45) is 0. The van der Waals surface area contributed by atoms with Crippen LogP contribution in [0, 0.1) is 0 Å². The first-order chi connectivity index (χ1) is 7.18. The van der Waals surface area contributed by atoms with E-state index in [1.165, 1.54) is 16.2 Å². The monoisotopic (exact) mass is 239 g/mol. The van der Waals surface area contributed by atoms with Gasteiger partial charge in [0.05, 0.1) is 0 Å². The molecule has 0 radical (unpaired) electrons. The van der Waals surface area contributed by atoms with E-state index in [-0.39, 0.29) is 5.41 Å². The maximum absolute atomic E-state index is 3.96. The molecule has 0 aromatic carbocycles. The molecule has 2 heterocycles. The fourth-order valence-electron chi connectivity index (χ4n) is 1.30. The number of aromatic nitrogens is 2. The summed E-state index contributed by atoms with van der Waals surface area (Å²) >= 11 is 3.33. The van der Waals surface area contributed by atoms with E-state index in [1.807, 2.05) is 0 Å². The highest BCUT2D eigenvalue weighted by Crippen LogP contribution is 2.27. The van der Waals surface area contributed by atoms with Gasteiger partial charge < -0.3 is 5.32 Å². The van der Waals surface area contributed by atoms with Crippen molar-refractivity contribution in [3.8, 4) is 0 Å². The Labute approximate surface area is 97.2 Å². The third-order valence-electron chi connectivity index (χ3n) is 2.23. The molecule has 0 aliphatic carbocycles. The lowest BCUT2D eigenvalue weighted by Crippen LogP contribution is -2.26. The van der Waals surface area contributed by atoms with E-state index in [4.69, 9.17) is 0 Å². The molecule has 0 spiro atoms. The maximum Gasteiger partial charge on any atom is 0.205 e. The first kappa shape index (κ1) is 10.6. The number of rotatable bonds is 4. The lowest BCUT2D eigenvalue weighted by molar-refractivity contribution is 0.569. The third-order valence-corrected chi connectivity index (χ3v) is 4.11. The summed E-state index contributed by atoms with van der Waals surface area (Å²) in [5, 5.41) is 14.1. The summed E-state index contributed by atoms with van der Waals surface area (Å²) in [7, 11) is 0. The summed E-state index contributed by atoms with van der Waals surface area (Å²) in [6.45, 7) is 5.34. The zero-order valence-electron chi connectivity index (χ0n) is 8.73. The molecule has 0 unspecified atom stereocenters. The summed E-state index contributed by atoms with van der Waals surface area (Å²) in [6, 6.07) is 4.26. The van der Waals surface area contributed by atoms with Gasteiger partial charge in [-0.05, 0) is 11.4 Å². The Balaban J connectivity index is 1.99. The van der Waals surface area contributed by atoms with Crippen LogP contribution in [0.3, 0.4) is 0 Å². The number of nitrogens with one attached hydrogen (secondary N) is 1. The molecule has 80 valence electrons. The van der Waals surface area contributed by atoms with Crippen molar-refractivity contribution < 1.29 is 0 Å². The smallest absolute Gasteiger partial charge is 0.205 e. The van der Waals surface area contributed by atoms with Crippen LogP contribution in [-0.4, -0.2) is 16.7 Å². The van der Waals surface area contributed by atoms with Crippen LogP contribution in [0.2, 0.25) is 0 Å². The number of anilines is 1. The Morgan fingerprint density at radius 3 is 2.87 bits per heavy atom. The van der Waals surface area contributed by atoms with E-state index in [2.05, 4.69) is 46.9 Å². The van der Waals surface area contributed by atoms with E-state index < -0.39 is 0 Å². The van der Waals surface area contributed by atoms with E-state index in [1.54, 1.807) is 16.8 Å². The number of hydrogen-bond acceptors (Lipinski definition) is 5. The summed E-state index contributed by atoms with van der Waals surface area (Å²) in [4.78, 5) is 1.39. The predicted octanol–water partition coefficient (Wildman–Crippen LogP) is 2.99. The van der Waals surface area contributed by atoms with Crippen LogP contribution in [0.5, 0.6) is 0 Å². The van der Waals surface area contributed by atoms with Crippen LogP contribution in [0.4, 0.5) is 5.13 Å². The summed E-state index contributed by atoms with van der Waals surface area (Å²) < 4.78 is 0. The molecule has 15 heavy (non-hydrogen) atoms. The fraction of sp³-hybridized carbons (Fsp3) is 0.400. The van der Waals surface area contributed by atoms with Gasteiger partial charge in [-0.1, -0.05) is 31.3 Å². The minimum Gasteiger partial charge on any atom is -0.359 e. The molecule has 2 rings (SSSR count). The van der Waals surface area contributed by atoms with Crippen molar-refractivity contribution >= 4 is 27.8 Å². The lowest BCUT2D eigenvalue weighted by atomic mass is 9.92. The van der Waals surface area contributed by atoms with Crippen molar-refractivity contribution in [3.05, 3.63) is 27.9 Å². The highest BCUT2D eigenvalue weighted by Gasteiger charge is 2.21. The van der Waals surface area contributed by atoms with Gasteiger partial charge >= 0.3 is 0 Å². The molecule has 0 saturated heterocycles. The van der Waals surface area contributed by atoms with Crippen molar-refractivity contribution in [2.75, 3.05) is 11.9 Å². The molecule has 1 N–H and O–H groups in total. The molecule has 0 aliphatic rings. The van der Waals surface area contributed by atoms with Gasteiger partial charge in [0, 0.05) is 16.8 Å². The highest BCUT2D eigenvalue weighted by atomic mass is 32.1. The van der Waals surface area contributed by atoms with Crippen molar-refractivity contribution in [1.29, 1.82) is 0 Å². The Morgan fingerprint density at radius 2 is 2.27 bits per heavy atom. The standard InChI is InChI=1S/C10H13N3S2/c1-10(2,8-4-3-5-14-8)6-11-9-13-12-7-15-9/h3-5,7H,6H2,1-2H3,(H,11,13). The summed E-state index contributed by atoms with van der Waals surface area (Å²) in [5.74, 6) is 0. The average molecular weight is 239 g/mol. The maximum atomic E-state index is 3.96. The molecule has 0 amide bonds. The molecule has 0 atom stereocenters. The normalized spacial score (nSPS) is 11.6. The molecule has 5 heteroatoms. The van der Waals surface area contributed by atoms with Gasteiger partial charge in [0.2, 0.25) is 5.13 Å². The average Bonchev–Trinajstić information content (AvgIpc) is 2.88. The molecule has 0 bridgehead atoms. The summed E-state index contributed by atoms with van der Waals surface area (Å²) in [5.41, 5.74) is 1.88. The van der Waals surface area contributed by atoms with Crippen molar-refractivity contribution in [2.45, 2.75) is 19.3 Å². The number of nitrogens with zero attached hydrogens (tertiary/aromatic N) is 2. The molecule has 0 saturated carbocycles. The van der Waals surface area contributed by atoms with Crippen LogP contribution in [-0.2, 0) is 5.41 Å². The Kier molecular flexibility index (Phi) is 3.02. The van der Waals surface area contributed by atoms with Crippen LogP contribution >= 0.6 is 22.7 Å². The molecule has 0 fully saturated rings. The Hall–Kier alpha value is -0.940. The van der Waals surface area contributed by atoms with Crippen molar-refractivity contribution in [1.82, 2.24) is 10.2 Å². The number of hydrogen-bond donors (Lipinski definition) is 1. The van der Waals surface area contributed by atoms with Gasteiger partial charge in [0.1, 0.15) is 5.51 Å². The topological polar surface area (TPSA) is 37.8 Å².